The van der Waals surface area contributed by atoms with Gasteiger partial charge in [0.05, 0.1) is 12.1 Å². The first-order valence-electron chi connectivity index (χ1n) is 7.64. The Hall–Kier alpha value is -1.81. The average molecular weight is 305 g/mol. The number of hydrogen-bond acceptors (Lipinski definition) is 3. The fourth-order valence-corrected chi connectivity index (χ4v) is 2.10. The zero-order valence-electron chi connectivity index (χ0n) is 13.7. The van der Waals surface area contributed by atoms with E-state index in [1.807, 2.05) is 51.1 Å². The van der Waals surface area contributed by atoms with Crippen LogP contribution in [-0.4, -0.2) is 28.9 Å². The molecule has 1 amide bonds. The van der Waals surface area contributed by atoms with Crippen LogP contribution in [0.5, 0.6) is 0 Å². The second-order valence-electron chi connectivity index (χ2n) is 6.38. The van der Waals surface area contributed by atoms with Crippen LogP contribution in [0, 0.1) is 0 Å². The summed E-state index contributed by atoms with van der Waals surface area (Å²) in [4.78, 5) is 12.0. The van der Waals surface area contributed by atoms with E-state index in [9.17, 15) is 9.90 Å². The Morgan fingerprint density at radius 3 is 2.55 bits per heavy atom. The molecule has 0 aliphatic rings. The SMILES string of the molecule is C=CCC[C@H](O)[C@H](Cc1ccccc1)NC(=O)OC(C)(C)C. The molecule has 0 saturated carbocycles. The molecule has 0 bridgehead atoms. The number of carbonyl (C=O) groups excluding carboxylic acids is 1. The smallest absolute Gasteiger partial charge is 0.407 e. The molecule has 4 nitrogen and oxygen atoms in total. The van der Waals surface area contributed by atoms with Gasteiger partial charge in [0.15, 0.2) is 0 Å². The maximum atomic E-state index is 12.0. The minimum atomic E-state index is -0.647. The number of allylic oxidation sites excluding steroid dienone is 1. The number of aliphatic hydroxyl groups is 1. The van der Waals surface area contributed by atoms with Crippen LogP contribution < -0.4 is 5.32 Å². The molecule has 0 heterocycles. The molecule has 122 valence electrons. The molecule has 0 aliphatic carbocycles. The third-order valence-electron chi connectivity index (χ3n) is 3.13. The fourth-order valence-electron chi connectivity index (χ4n) is 2.10. The van der Waals surface area contributed by atoms with E-state index in [1.54, 1.807) is 6.08 Å². The van der Waals surface area contributed by atoms with Gasteiger partial charge in [0.2, 0.25) is 0 Å². The molecule has 2 atom stereocenters. The summed E-state index contributed by atoms with van der Waals surface area (Å²) in [5, 5.41) is 13.1. The van der Waals surface area contributed by atoms with Gasteiger partial charge in [-0.3, -0.25) is 0 Å². The molecule has 0 aliphatic heterocycles. The summed E-state index contributed by atoms with van der Waals surface area (Å²) in [6.45, 7) is 9.10. The topological polar surface area (TPSA) is 58.6 Å². The minimum Gasteiger partial charge on any atom is -0.444 e. The van der Waals surface area contributed by atoms with Crippen LogP contribution in [0.2, 0.25) is 0 Å². The monoisotopic (exact) mass is 305 g/mol. The number of alkyl carbamates (subject to hydrolysis) is 1. The van der Waals surface area contributed by atoms with Gasteiger partial charge in [-0.2, -0.15) is 0 Å². The quantitative estimate of drug-likeness (QED) is 0.759. The zero-order valence-corrected chi connectivity index (χ0v) is 13.7. The fraction of sp³-hybridized carbons (Fsp3) is 0.500. The maximum absolute atomic E-state index is 12.0. The summed E-state index contributed by atoms with van der Waals surface area (Å²) in [5.74, 6) is 0. The van der Waals surface area contributed by atoms with Crippen molar-refractivity contribution in [2.45, 2.75) is 57.8 Å². The van der Waals surface area contributed by atoms with Crippen molar-refractivity contribution in [3.8, 4) is 0 Å². The van der Waals surface area contributed by atoms with E-state index in [2.05, 4.69) is 11.9 Å². The van der Waals surface area contributed by atoms with Gasteiger partial charge in [-0.05, 0) is 45.6 Å². The van der Waals surface area contributed by atoms with Crippen LogP contribution in [0.1, 0.15) is 39.2 Å². The van der Waals surface area contributed by atoms with Gasteiger partial charge in [-0.1, -0.05) is 36.4 Å². The van der Waals surface area contributed by atoms with Gasteiger partial charge in [-0.25, -0.2) is 4.79 Å². The summed E-state index contributed by atoms with van der Waals surface area (Å²) in [6, 6.07) is 9.38. The lowest BCUT2D eigenvalue weighted by Gasteiger charge is -2.26. The molecule has 0 radical (unpaired) electrons. The van der Waals surface area contributed by atoms with E-state index in [-0.39, 0.29) is 0 Å². The molecule has 2 N–H and O–H groups in total. The van der Waals surface area contributed by atoms with E-state index >= 15 is 0 Å². The van der Waals surface area contributed by atoms with E-state index in [4.69, 9.17) is 4.74 Å². The average Bonchev–Trinajstić information content (AvgIpc) is 2.43. The van der Waals surface area contributed by atoms with Crippen LogP contribution >= 0.6 is 0 Å². The van der Waals surface area contributed by atoms with Crippen LogP contribution in [0.15, 0.2) is 43.0 Å². The molecular weight excluding hydrogens is 278 g/mol. The standard InChI is InChI=1S/C18H27NO3/c1-5-6-12-16(20)15(13-14-10-8-7-9-11-14)19-17(21)22-18(2,3)4/h5,7-11,15-16,20H,1,6,12-13H2,2-4H3,(H,19,21)/t15-,16-/m0/s1. The van der Waals surface area contributed by atoms with Gasteiger partial charge < -0.3 is 15.2 Å². The predicted molar refractivity (Wildman–Crippen MR) is 88.7 cm³/mol. The predicted octanol–water partition coefficient (Wildman–Crippen LogP) is 3.45. The largest absolute Gasteiger partial charge is 0.444 e. The Labute approximate surface area is 133 Å². The van der Waals surface area contributed by atoms with Crippen LogP contribution in [0.3, 0.4) is 0 Å². The summed E-state index contributed by atoms with van der Waals surface area (Å²) in [7, 11) is 0. The van der Waals surface area contributed by atoms with E-state index < -0.39 is 23.8 Å². The third kappa shape index (κ3) is 7.27. The highest BCUT2D eigenvalue weighted by molar-refractivity contribution is 5.68. The van der Waals surface area contributed by atoms with Crippen LogP contribution in [0.4, 0.5) is 4.79 Å². The molecule has 22 heavy (non-hydrogen) atoms. The summed E-state index contributed by atoms with van der Waals surface area (Å²) in [5.41, 5.74) is 0.495. The normalized spacial score (nSPS) is 14.0. The summed E-state index contributed by atoms with van der Waals surface area (Å²) >= 11 is 0. The van der Waals surface area contributed by atoms with E-state index in [0.717, 1.165) is 5.56 Å². The number of aliphatic hydroxyl groups excluding tert-OH is 1. The van der Waals surface area contributed by atoms with Crippen LogP contribution in [-0.2, 0) is 11.2 Å². The van der Waals surface area contributed by atoms with Crippen LogP contribution in [0.25, 0.3) is 0 Å². The number of carbonyl (C=O) groups is 1. The van der Waals surface area contributed by atoms with Gasteiger partial charge in [0.1, 0.15) is 5.60 Å². The number of rotatable bonds is 7. The van der Waals surface area contributed by atoms with Crippen molar-refractivity contribution in [2.75, 3.05) is 0 Å². The first kappa shape index (κ1) is 18.2. The molecule has 0 unspecified atom stereocenters. The number of nitrogens with one attached hydrogen (secondary N) is 1. The van der Waals surface area contributed by atoms with Crippen molar-refractivity contribution >= 4 is 6.09 Å². The maximum Gasteiger partial charge on any atom is 0.407 e. The molecule has 1 rings (SSSR count). The molecule has 0 spiro atoms. The lowest BCUT2D eigenvalue weighted by molar-refractivity contribution is 0.0414. The van der Waals surface area contributed by atoms with Crippen molar-refractivity contribution < 1.29 is 14.6 Å². The second-order valence-corrected chi connectivity index (χ2v) is 6.38. The Bertz CT molecular complexity index is 465. The first-order valence-corrected chi connectivity index (χ1v) is 7.64. The highest BCUT2D eigenvalue weighted by Gasteiger charge is 2.24. The summed E-state index contributed by atoms with van der Waals surface area (Å²) in [6.07, 6.45) is 2.41. The molecule has 0 fully saturated rings. The molecule has 0 saturated heterocycles. The minimum absolute atomic E-state index is 0.391. The lowest BCUT2D eigenvalue weighted by atomic mass is 9.98. The van der Waals surface area contributed by atoms with Gasteiger partial charge in [-0.15, -0.1) is 6.58 Å². The van der Waals surface area contributed by atoms with Gasteiger partial charge in [0, 0.05) is 0 Å². The Balaban J connectivity index is 2.73. The molecule has 1 aromatic rings. The van der Waals surface area contributed by atoms with Gasteiger partial charge in [0.25, 0.3) is 0 Å². The Morgan fingerprint density at radius 1 is 1.36 bits per heavy atom. The molecule has 1 aromatic carbocycles. The van der Waals surface area contributed by atoms with E-state index in [0.29, 0.717) is 19.3 Å². The number of hydrogen-bond donors (Lipinski definition) is 2. The molecule has 0 aromatic heterocycles. The highest BCUT2D eigenvalue weighted by atomic mass is 16.6. The third-order valence-corrected chi connectivity index (χ3v) is 3.13. The molecule has 4 heteroatoms. The Morgan fingerprint density at radius 2 is 2.00 bits per heavy atom. The lowest BCUT2D eigenvalue weighted by Crippen LogP contribution is -2.46. The van der Waals surface area contributed by atoms with Crippen molar-refractivity contribution in [2.24, 2.45) is 0 Å². The van der Waals surface area contributed by atoms with E-state index in [1.165, 1.54) is 0 Å². The van der Waals surface area contributed by atoms with Crippen molar-refractivity contribution in [3.05, 3.63) is 48.6 Å². The van der Waals surface area contributed by atoms with Crippen molar-refractivity contribution in [1.82, 2.24) is 5.32 Å². The number of ether oxygens (including phenoxy) is 1. The van der Waals surface area contributed by atoms with Crippen molar-refractivity contribution in [3.63, 3.8) is 0 Å². The number of benzene rings is 1. The zero-order chi connectivity index (χ0) is 16.6. The second kappa shape index (κ2) is 8.59. The molecular formula is C18H27NO3. The van der Waals surface area contributed by atoms with Crippen molar-refractivity contribution in [1.29, 1.82) is 0 Å². The van der Waals surface area contributed by atoms with Gasteiger partial charge >= 0.3 is 6.09 Å². The Kier molecular flexibility index (Phi) is 7.12. The first-order chi connectivity index (χ1) is 10.3. The number of amides is 1. The summed E-state index contributed by atoms with van der Waals surface area (Å²) < 4.78 is 5.28. The highest BCUT2D eigenvalue weighted by Crippen LogP contribution is 2.12.